The average molecular weight is 203 g/mol. The van der Waals surface area contributed by atoms with Gasteiger partial charge >= 0.3 is 5.97 Å². The fourth-order valence-corrected chi connectivity index (χ4v) is 0.858. The van der Waals surface area contributed by atoms with Gasteiger partial charge in [0.25, 0.3) is 0 Å². The molecule has 2 atom stereocenters. The first-order valence-electron chi connectivity index (χ1n) is 4.38. The Morgan fingerprint density at radius 2 is 2.00 bits per heavy atom. The number of carbonyl (C=O) groups excluding carboxylic acids is 1. The van der Waals surface area contributed by atoms with E-state index < -0.39 is 23.7 Å². The second kappa shape index (κ2) is 4.95. The second-order valence-corrected chi connectivity index (χ2v) is 4.06. The summed E-state index contributed by atoms with van der Waals surface area (Å²) in [6, 6.07) is 0. The lowest BCUT2D eigenvalue weighted by molar-refractivity contribution is -0.155. The van der Waals surface area contributed by atoms with E-state index in [0.29, 0.717) is 6.41 Å². The second-order valence-electron chi connectivity index (χ2n) is 4.06. The molecular formula is C9H17NO4. The van der Waals surface area contributed by atoms with Crippen LogP contribution in [0.3, 0.4) is 0 Å². The van der Waals surface area contributed by atoms with Crippen LogP contribution >= 0.6 is 0 Å². The van der Waals surface area contributed by atoms with Crippen LogP contribution in [0.4, 0.5) is 0 Å². The van der Waals surface area contributed by atoms with Gasteiger partial charge in [-0.15, -0.1) is 0 Å². The lowest BCUT2D eigenvalue weighted by atomic mass is 10.1. The Labute approximate surface area is 83.4 Å². The van der Waals surface area contributed by atoms with Crippen LogP contribution in [-0.4, -0.2) is 29.3 Å². The van der Waals surface area contributed by atoms with Crippen molar-refractivity contribution >= 4 is 12.4 Å². The van der Waals surface area contributed by atoms with Gasteiger partial charge in [-0.1, -0.05) is 0 Å². The Balaban J connectivity index is 4.43. The molecule has 0 rings (SSSR count). The Hall–Kier alpha value is -1.10. The normalized spacial score (nSPS) is 15.7. The molecule has 0 saturated heterocycles. The molecule has 1 unspecified atom stereocenters. The van der Waals surface area contributed by atoms with Crippen LogP contribution in [0.25, 0.3) is 0 Å². The molecule has 0 fully saturated rings. The van der Waals surface area contributed by atoms with Gasteiger partial charge in [0.15, 0.2) is 0 Å². The quantitative estimate of drug-likeness (QED) is 0.506. The molecule has 1 amide bonds. The standard InChI is InChI=1S/C9H17NO4/c1-6(8(12)13)7(10-5-11)14-9(2,3)4/h5-7H,1-4H3,(H,10,11)(H,12,13)/t6-,7?/m1/s1. The Kier molecular flexibility index (Phi) is 4.56. The zero-order valence-electron chi connectivity index (χ0n) is 8.90. The summed E-state index contributed by atoms with van der Waals surface area (Å²) >= 11 is 0. The van der Waals surface area contributed by atoms with Crippen molar-refractivity contribution in [3.8, 4) is 0 Å². The van der Waals surface area contributed by atoms with Crippen molar-refractivity contribution in [3.05, 3.63) is 0 Å². The predicted molar refractivity (Wildman–Crippen MR) is 50.6 cm³/mol. The molecule has 0 saturated carbocycles. The molecule has 0 aromatic rings. The average Bonchev–Trinajstić information content (AvgIpc) is 1.99. The molecule has 0 aliphatic carbocycles. The third-order valence-corrected chi connectivity index (χ3v) is 1.56. The summed E-state index contributed by atoms with van der Waals surface area (Å²) < 4.78 is 5.38. The number of ether oxygens (including phenoxy) is 1. The molecule has 0 spiro atoms. The van der Waals surface area contributed by atoms with E-state index in [0.717, 1.165) is 0 Å². The fraction of sp³-hybridized carbons (Fsp3) is 0.778. The van der Waals surface area contributed by atoms with Gasteiger partial charge in [0, 0.05) is 0 Å². The van der Waals surface area contributed by atoms with Gasteiger partial charge in [0.05, 0.1) is 11.5 Å². The van der Waals surface area contributed by atoms with E-state index in [1.165, 1.54) is 6.92 Å². The van der Waals surface area contributed by atoms with Gasteiger partial charge in [-0.2, -0.15) is 0 Å². The number of nitrogens with one attached hydrogen (secondary N) is 1. The van der Waals surface area contributed by atoms with E-state index in [2.05, 4.69) is 5.32 Å². The lowest BCUT2D eigenvalue weighted by Gasteiger charge is -2.29. The minimum absolute atomic E-state index is 0.440. The lowest BCUT2D eigenvalue weighted by Crippen LogP contribution is -2.44. The molecule has 0 aromatic carbocycles. The maximum Gasteiger partial charge on any atom is 0.310 e. The van der Waals surface area contributed by atoms with Crippen molar-refractivity contribution in [2.24, 2.45) is 5.92 Å². The molecular weight excluding hydrogens is 186 g/mol. The number of carbonyl (C=O) groups is 2. The van der Waals surface area contributed by atoms with Crippen molar-refractivity contribution in [1.82, 2.24) is 5.32 Å². The number of rotatable bonds is 5. The van der Waals surface area contributed by atoms with Crippen LogP contribution in [0.2, 0.25) is 0 Å². The van der Waals surface area contributed by atoms with Crippen LogP contribution in [0, 0.1) is 5.92 Å². The number of hydrogen-bond donors (Lipinski definition) is 2. The molecule has 82 valence electrons. The first-order valence-corrected chi connectivity index (χ1v) is 4.38. The zero-order valence-corrected chi connectivity index (χ0v) is 8.90. The van der Waals surface area contributed by atoms with Crippen LogP contribution in [0.1, 0.15) is 27.7 Å². The monoisotopic (exact) mass is 203 g/mol. The van der Waals surface area contributed by atoms with Gasteiger partial charge in [-0.05, 0) is 27.7 Å². The van der Waals surface area contributed by atoms with Crippen molar-refractivity contribution in [3.63, 3.8) is 0 Å². The Morgan fingerprint density at radius 3 is 2.29 bits per heavy atom. The van der Waals surface area contributed by atoms with Crippen molar-refractivity contribution < 1.29 is 19.4 Å². The SMILES string of the molecule is C[C@@H](C(=O)O)C(NC=O)OC(C)(C)C. The third kappa shape index (κ3) is 4.81. The van der Waals surface area contributed by atoms with Crippen molar-refractivity contribution in [2.75, 3.05) is 0 Å². The highest BCUT2D eigenvalue weighted by Gasteiger charge is 2.28. The largest absolute Gasteiger partial charge is 0.481 e. The maximum atomic E-state index is 10.7. The zero-order chi connectivity index (χ0) is 11.4. The highest BCUT2D eigenvalue weighted by atomic mass is 16.5. The summed E-state index contributed by atoms with van der Waals surface area (Å²) in [4.78, 5) is 20.9. The highest BCUT2D eigenvalue weighted by Crippen LogP contribution is 2.14. The van der Waals surface area contributed by atoms with Crippen molar-refractivity contribution in [1.29, 1.82) is 0 Å². The topological polar surface area (TPSA) is 75.6 Å². The van der Waals surface area contributed by atoms with Crippen LogP contribution in [-0.2, 0) is 14.3 Å². The number of carboxylic acid groups (broad SMARTS) is 1. The maximum absolute atomic E-state index is 10.7. The number of hydrogen-bond acceptors (Lipinski definition) is 3. The molecule has 5 nitrogen and oxygen atoms in total. The van der Waals surface area contributed by atoms with Crippen LogP contribution in [0.15, 0.2) is 0 Å². The first-order chi connectivity index (χ1) is 6.28. The molecule has 0 aromatic heterocycles. The summed E-state index contributed by atoms with van der Waals surface area (Å²) in [7, 11) is 0. The molecule has 0 heterocycles. The summed E-state index contributed by atoms with van der Waals surface area (Å²) in [5.74, 6) is -1.78. The molecule has 0 radical (unpaired) electrons. The number of carboxylic acids is 1. The molecule has 0 aliphatic heterocycles. The van der Waals surface area contributed by atoms with E-state index in [9.17, 15) is 9.59 Å². The minimum atomic E-state index is -1.01. The third-order valence-electron chi connectivity index (χ3n) is 1.56. The van der Waals surface area contributed by atoms with E-state index in [-0.39, 0.29) is 0 Å². The molecule has 5 heteroatoms. The molecule has 0 bridgehead atoms. The Morgan fingerprint density at radius 1 is 1.50 bits per heavy atom. The molecule has 14 heavy (non-hydrogen) atoms. The smallest absolute Gasteiger partial charge is 0.310 e. The van der Waals surface area contributed by atoms with Gasteiger partial charge in [-0.3, -0.25) is 9.59 Å². The van der Waals surface area contributed by atoms with E-state index in [4.69, 9.17) is 9.84 Å². The molecule has 2 N–H and O–H groups in total. The predicted octanol–water partition coefficient (Wildman–Crippen LogP) is 0.594. The van der Waals surface area contributed by atoms with E-state index in [1.54, 1.807) is 20.8 Å². The number of amides is 1. The van der Waals surface area contributed by atoms with Gasteiger partial charge in [-0.25, -0.2) is 0 Å². The Bertz CT molecular complexity index is 209. The fourth-order valence-electron chi connectivity index (χ4n) is 0.858. The summed E-state index contributed by atoms with van der Waals surface area (Å²) in [5, 5.41) is 11.1. The summed E-state index contributed by atoms with van der Waals surface area (Å²) in [5.41, 5.74) is -0.496. The van der Waals surface area contributed by atoms with Crippen molar-refractivity contribution in [2.45, 2.75) is 39.5 Å². The van der Waals surface area contributed by atoms with E-state index in [1.807, 2.05) is 0 Å². The van der Waals surface area contributed by atoms with Gasteiger partial charge < -0.3 is 15.2 Å². The van der Waals surface area contributed by atoms with Gasteiger partial charge in [0.2, 0.25) is 6.41 Å². The highest BCUT2D eigenvalue weighted by molar-refractivity contribution is 5.70. The first kappa shape index (κ1) is 12.9. The van der Waals surface area contributed by atoms with Crippen LogP contribution in [0.5, 0.6) is 0 Å². The summed E-state index contributed by atoms with van der Waals surface area (Å²) in [6.45, 7) is 6.86. The summed E-state index contributed by atoms with van der Waals surface area (Å²) in [6.07, 6.45) is -0.361. The number of aliphatic carboxylic acids is 1. The minimum Gasteiger partial charge on any atom is -0.481 e. The van der Waals surface area contributed by atoms with Crippen LogP contribution < -0.4 is 5.32 Å². The van der Waals surface area contributed by atoms with Gasteiger partial charge in [0.1, 0.15) is 6.23 Å². The molecule has 0 aliphatic rings. The van der Waals surface area contributed by atoms with E-state index >= 15 is 0 Å².